The van der Waals surface area contributed by atoms with Gasteiger partial charge in [0.05, 0.1) is 18.2 Å². The van der Waals surface area contributed by atoms with Gasteiger partial charge < -0.3 is 10.4 Å². The summed E-state index contributed by atoms with van der Waals surface area (Å²) in [5.41, 5.74) is 0.556. The Labute approximate surface area is 136 Å². The van der Waals surface area contributed by atoms with Crippen molar-refractivity contribution >= 4 is 21.9 Å². The van der Waals surface area contributed by atoms with E-state index in [1.54, 1.807) is 25.1 Å². The Hall–Kier alpha value is -1.93. The van der Waals surface area contributed by atoms with Crippen LogP contribution in [0.3, 0.4) is 0 Å². The third-order valence-electron chi connectivity index (χ3n) is 3.33. The zero-order valence-corrected chi connectivity index (χ0v) is 14.1. The van der Waals surface area contributed by atoms with E-state index in [2.05, 4.69) is 5.32 Å². The first-order valence-corrected chi connectivity index (χ1v) is 9.13. The summed E-state index contributed by atoms with van der Waals surface area (Å²) in [7, 11) is -3.22. The fourth-order valence-corrected chi connectivity index (χ4v) is 3.09. The van der Waals surface area contributed by atoms with Crippen molar-refractivity contribution in [3.05, 3.63) is 35.4 Å². The fraction of sp³-hybridized carbons (Fsp3) is 0.467. The highest BCUT2D eigenvalue weighted by Crippen LogP contribution is 2.09. The molecule has 1 aromatic carbocycles. The van der Waals surface area contributed by atoms with Crippen molar-refractivity contribution in [2.45, 2.75) is 19.8 Å². The second-order valence-electron chi connectivity index (χ2n) is 5.10. The fourth-order valence-electron chi connectivity index (χ4n) is 2.16. The van der Waals surface area contributed by atoms with Gasteiger partial charge in [-0.2, -0.15) is 0 Å². The third-order valence-corrected chi connectivity index (χ3v) is 4.71. The average Bonchev–Trinajstić information content (AvgIpc) is 2.46. The standard InChI is InChI=1S/C15H22N2O5S/c1-3-17(23(2,21)22)10-6-9-16-14(18)11-12-7-4-5-8-13(12)15(19)20/h4-5,7-8H,3,6,9-11H2,1-2H3,(H,16,18)(H,19,20). The molecule has 2 N–H and O–H groups in total. The lowest BCUT2D eigenvalue weighted by Crippen LogP contribution is -2.34. The number of carboxylic acids is 1. The predicted octanol–water partition coefficient (Wildman–Crippen LogP) is 0.715. The first kappa shape index (κ1) is 19.1. The number of nitrogens with zero attached hydrogens (tertiary/aromatic N) is 1. The van der Waals surface area contributed by atoms with Gasteiger partial charge in [0.25, 0.3) is 0 Å². The van der Waals surface area contributed by atoms with E-state index in [9.17, 15) is 18.0 Å². The minimum absolute atomic E-state index is 0.0218. The summed E-state index contributed by atoms with van der Waals surface area (Å²) >= 11 is 0. The molecule has 0 aliphatic heterocycles. The maximum Gasteiger partial charge on any atom is 0.335 e. The highest BCUT2D eigenvalue weighted by molar-refractivity contribution is 7.88. The Balaban J connectivity index is 2.46. The van der Waals surface area contributed by atoms with Crippen LogP contribution in [0.2, 0.25) is 0 Å². The van der Waals surface area contributed by atoms with Crippen LogP contribution in [-0.2, 0) is 21.2 Å². The molecule has 0 aliphatic rings. The lowest BCUT2D eigenvalue weighted by atomic mass is 10.0. The van der Waals surface area contributed by atoms with Crippen LogP contribution >= 0.6 is 0 Å². The van der Waals surface area contributed by atoms with Crippen molar-refractivity contribution in [2.24, 2.45) is 0 Å². The summed E-state index contributed by atoms with van der Waals surface area (Å²) in [5, 5.41) is 11.7. The van der Waals surface area contributed by atoms with Gasteiger partial charge in [0.2, 0.25) is 15.9 Å². The number of carbonyl (C=O) groups is 2. The van der Waals surface area contributed by atoms with Gasteiger partial charge in [0.1, 0.15) is 0 Å². The number of nitrogens with one attached hydrogen (secondary N) is 1. The van der Waals surface area contributed by atoms with E-state index in [1.807, 2.05) is 0 Å². The first-order chi connectivity index (χ1) is 10.8. The van der Waals surface area contributed by atoms with E-state index >= 15 is 0 Å². The summed E-state index contributed by atoms with van der Waals surface area (Å²) < 4.78 is 24.2. The molecular formula is C15H22N2O5S. The van der Waals surface area contributed by atoms with Crippen molar-refractivity contribution in [1.82, 2.24) is 9.62 Å². The van der Waals surface area contributed by atoms with Gasteiger partial charge in [0.15, 0.2) is 0 Å². The normalized spacial score (nSPS) is 11.4. The number of benzene rings is 1. The largest absolute Gasteiger partial charge is 0.478 e. The number of carboxylic acid groups (broad SMARTS) is 1. The molecule has 128 valence electrons. The van der Waals surface area contributed by atoms with E-state index in [4.69, 9.17) is 5.11 Å². The van der Waals surface area contributed by atoms with Gasteiger partial charge >= 0.3 is 5.97 Å². The molecule has 0 heterocycles. The molecule has 0 radical (unpaired) electrons. The second kappa shape index (κ2) is 8.64. The van der Waals surface area contributed by atoms with Gasteiger partial charge in [-0.05, 0) is 18.1 Å². The molecular weight excluding hydrogens is 320 g/mol. The number of hydrogen-bond donors (Lipinski definition) is 2. The third kappa shape index (κ3) is 6.37. The summed E-state index contributed by atoms with van der Waals surface area (Å²) in [5.74, 6) is -1.36. The Bertz CT molecular complexity index is 658. The Kier molecular flexibility index (Phi) is 7.18. The van der Waals surface area contributed by atoms with Gasteiger partial charge in [-0.15, -0.1) is 0 Å². The Morgan fingerprint density at radius 2 is 1.91 bits per heavy atom. The number of carbonyl (C=O) groups excluding carboxylic acids is 1. The van der Waals surface area contributed by atoms with Crippen LogP contribution in [0.5, 0.6) is 0 Å². The van der Waals surface area contributed by atoms with Gasteiger partial charge in [0, 0.05) is 19.6 Å². The molecule has 0 aromatic heterocycles. The van der Waals surface area contributed by atoms with Crippen LogP contribution in [0.1, 0.15) is 29.3 Å². The second-order valence-corrected chi connectivity index (χ2v) is 7.08. The van der Waals surface area contributed by atoms with Crippen LogP contribution < -0.4 is 5.32 Å². The van der Waals surface area contributed by atoms with Crippen LogP contribution in [0, 0.1) is 0 Å². The topological polar surface area (TPSA) is 104 Å². The molecule has 1 rings (SSSR count). The summed E-state index contributed by atoms with van der Waals surface area (Å²) in [6.45, 7) is 2.81. The molecule has 23 heavy (non-hydrogen) atoms. The molecule has 0 fully saturated rings. The average molecular weight is 342 g/mol. The van der Waals surface area contributed by atoms with E-state index in [1.165, 1.54) is 10.4 Å². The number of aromatic carboxylic acids is 1. The Morgan fingerprint density at radius 3 is 2.48 bits per heavy atom. The van der Waals surface area contributed by atoms with E-state index in [0.29, 0.717) is 31.6 Å². The minimum Gasteiger partial charge on any atom is -0.478 e. The van der Waals surface area contributed by atoms with Crippen LogP contribution in [-0.4, -0.2) is 55.6 Å². The minimum atomic E-state index is -3.22. The molecule has 0 atom stereocenters. The van der Waals surface area contributed by atoms with E-state index in [0.717, 1.165) is 6.26 Å². The van der Waals surface area contributed by atoms with E-state index in [-0.39, 0.29) is 17.9 Å². The first-order valence-electron chi connectivity index (χ1n) is 7.28. The monoisotopic (exact) mass is 342 g/mol. The lowest BCUT2D eigenvalue weighted by molar-refractivity contribution is -0.120. The van der Waals surface area contributed by atoms with Gasteiger partial charge in [-0.1, -0.05) is 25.1 Å². The molecule has 1 aromatic rings. The van der Waals surface area contributed by atoms with Crippen LogP contribution in [0.15, 0.2) is 24.3 Å². The van der Waals surface area contributed by atoms with Gasteiger partial charge in [-0.3, -0.25) is 4.79 Å². The zero-order valence-electron chi connectivity index (χ0n) is 13.3. The predicted molar refractivity (Wildman–Crippen MR) is 86.8 cm³/mol. The molecule has 0 aliphatic carbocycles. The molecule has 0 bridgehead atoms. The van der Waals surface area contributed by atoms with Crippen LogP contribution in [0.25, 0.3) is 0 Å². The van der Waals surface area contributed by atoms with Crippen molar-refractivity contribution in [2.75, 3.05) is 25.9 Å². The quantitative estimate of drug-likeness (QED) is 0.644. The molecule has 7 nitrogen and oxygen atoms in total. The van der Waals surface area contributed by atoms with Crippen molar-refractivity contribution in [3.8, 4) is 0 Å². The summed E-state index contributed by atoms with van der Waals surface area (Å²) in [6.07, 6.45) is 1.62. The maximum atomic E-state index is 11.9. The molecule has 1 amide bonds. The number of hydrogen-bond acceptors (Lipinski definition) is 4. The summed E-state index contributed by atoms with van der Waals surface area (Å²) in [6, 6.07) is 6.34. The van der Waals surface area contributed by atoms with Gasteiger partial charge in [-0.25, -0.2) is 17.5 Å². The van der Waals surface area contributed by atoms with Crippen molar-refractivity contribution in [3.63, 3.8) is 0 Å². The highest BCUT2D eigenvalue weighted by Gasteiger charge is 2.14. The number of rotatable bonds is 9. The van der Waals surface area contributed by atoms with Crippen molar-refractivity contribution < 1.29 is 23.1 Å². The SMILES string of the molecule is CCN(CCCNC(=O)Cc1ccccc1C(=O)O)S(C)(=O)=O. The van der Waals surface area contributed by atoms with Crippen molar-refractivity contribution in [1.29, 1.82) is 0 Å². The molecule has 0 spiro atoms. The summed E-state index contributed by atoms with van der Waals surface area (Å²) in [4.78, 5) is 22.9. The van der Waals surface area contributed by atoms with E-state index < -0.39 is 16.0 Å². The molecule has 0 unspecified atom stereocenters. The molecule has 8 heteroatoms. The highest BCUT2D eigenvalue weighted by atomic mass is 32.2. The Morgan fingerprint density at radius 1 is 1.26 bits per heavy atom. The molecule has 0 saturated carbocycles. The lowest BCUT2D eigenvalue weighted by Gasteiger charge is -2.17. The number of amides is 1. The maximum absolute atomic E-state index is 11.9. The molecule has 0 saturated heterocycles. The zero-order chi connectivity index (χ0) is 17.5. The number of sulfonamides is 1. The van der Waals surface area contributed by atoms with Crippen LogP contribution in [0.4, 0.5) is 0 Å². The smallest absolute Gasteiger partial charge is 0.335 e.